The van der Waals surface area contributed by atoms with Crippen molar-refractivity contribution in [3.63, 3.8) is 0 Å². The van der Waals surface area contributed by atoms with Crippen LogP contribution in [0.5, 0.6) is 5.75 Å². The number of carbonyl (C=O) groups excluding carboxylic acids is 1. The van der Waals surface area contributed by atoms with Crippen LogP contribution >= 0.6 is 0 Å². The number of aromatic amines is 1. The van der Waals surface area contributed by atoms with Crippen molar-refractivity contribution in [2.24, 2.45) is 0 Å². The molecule has 0 aliphatic carbocycles. The van der Waals surface area contributed by atoms with Crippen LogP contribution in [0.25, 0.3) is 22.2 Å². The Morgan fingerprint density at radius 2 is 1.88 bits per heavy atom. The zero-order valence-electron chi connectivity index (χ0n) is 19.1. The van der Waals surface area contributed by atoms with Gasteiger partial charge in [-0.3, -0.25) is 9.89 Å². The van der Waals surface area contributed by atoms with Gasteiger partial charge in [-0.2, -0.15) is 5.10 Å². The number of nitrogens with zero attached hydrogens (tertiary/aromatic N) is 2. The quantitative estimate of drug-likeness (QED) is 0.377. The first-order valence-electron chi connectivity index (χ1n) is 11.0. The van der Waals surface area contributed by atoms with Crippen LogP contribution in [0.1, 0.15) is 27.2 Å². The van der Waals surface area contributed by atoms with Gasteiger partial charge in [-0.05, 0) is 44.0 Å². The molecule has 0 aliphatic heterocycles. The van der Waals surface area contributed by atoms with Gasteiger partial charge in [0.05, 0.1) is 23.5 Å². The van der Waals surface area contributed by atoms with E-state index in [1.54, 1.807) is 13.2 Å². The first-order chi connectivity index (χ1) is 16.0. The van der Waals surface area contributed by atoms with Gasteiger partial charge in [0, 0.05) is 42.4 Å². The molecule has 2 heterocycles. The molecule has 1 amide bonds. The van der Waals surface area contributed by atoms with Gasteiger partial charge in [0.1, 0.15) is 12.4 Å². The highest BCUT2D eigenvalue weighted by atomic mass is 16.5. The lowest BCUT2D eigenvalue weighted by Crippen LogP contribution is -2.25. The number of pyridine rings is 1. The zero-order valence-corrected chi connectivity index (χ0v) is 19.1. The van der Waals surface area contributed by atoms with Crippen molar-refractivity contribution in [3.05, 3.63) is 77.1 Å². The highest BCUT2D eigenvalue weighted by Gasteiger charge is 2.13. The first-order valence-corrected chi connectivity index (χ1v) is 11.0. The third-order valence-electron chi connectivity index (χ3n) is 5.54. The van der Waals surface area contributed by atoms with Gasteiger partial charge in [-0.15, -0.1) is 0 Å². The van der Waals surface area contributed by atoms with Gasteiger partial charge < -0.3 is 14.8 Å². The van der Waals surface area contributed by atoms with Crippen molar-refractivity contribution in [3.8, 4) is 17.0 Å². The Balaban J connectivity index is 1.60. The van der Waals surface area contributed by atoms with E-state index in [-0.39, 0.29) is 5.91 Å². The second kappa shape index (κ2) is 10.3. The molecule has 7 nitrogen and oxygen atoms in total. The van der Waals surface area contributed by atoms with Crippen molar-refractivity contribution in [1.82, 2.24) is 20.5 Å². The van der Waals surface area contributed by atoms with Crippen molar-refractivity contribution in [2.75, 3.05) is 26.9 Å². The van der Waals surface area contributed by atoms with Crippen molar-refractivity contribution in [1.29, 1.82) is 0 Å². The Morgan fingerprint density at radius 3 is 2.61 bits per heavy atom. The van der Waals surface area contributed by atoms with E-state index in [0.717, 1.165) is 40.1 Å². The maximum atomic E-state index is 12.8. The largest absolute Gasteiger partial charge is 0.490 e. The van der Waals surface area contributed by atoms with Crippen LogP contribution in [0.2, 0.25) is 0 Å². The molecule has 0 atom stereocenters. The minimum Gasteiger partial charge on any atom is -0.490 e. The van der Waals surface area contributed by atoms with Gasteiger partial charge in [0.2, 0.25) is 0 Å². The van der Waals surface area contributed by atoms with E-state index in [1.165, 1.54) is 5.56 Å². The molecule has 0 unspecified atom stereocenters. The van der Waals surface area contributed by atoms with Crippen LogP contribution in [-0.2, 0) is 11.2 Å². The van der Waals surface area contributed by atoms with Crippen LogP contribution in [0.4, 0.5) is 0 Å². The summed E-state index contributed by atoms with van der Waals surface area (Å²) in [6, 6.07) is 15.6. The molecule has 0 saturated heterocycles. The fourth-order valence-electron chi connectivity index (χ4n) is 3.61. The molecule has 7 heteroatoms. The fraction of sp³-hybridized carbons (Fsp3) is 0.269. The van der Waals surface area contributed by atoms with Gasteiger partial charge in [0.25, 0.3) is 5.91 Å². The van der Waals surface area contributed by atoms with Crippen LogP contribution in [0.3, 0.4) is 0 Å². The molecule has 0 aliphatic rings. The number of fused-ring (bicyclic) bond motifs is 1. The number of hydrogen-bond donors (Lipinski definition) is 2. The van der Waals surface area contributed by atoms with E-state index in [1.807, 2.05) is 43.5 Å². The molecular weight excluding hydrogens is 416 g/mol. The van der Waals surface area contributed by atoms with Gasteiger partial charge in [-0.1, -0.05) is 29.8 Å². The summed E-state index contributed by atoms with van der Waals surface area (Å²) in [6.45, 7) is 5.44. The van der Waals surface area contributed by atoms with Gasteiger partial charge in [-0.25, -0.2) is 4.98 Å². The van der Waals surface area contributed by atoms with Crippen LogP contribution in [0, 0.1) is 13.8 Å². The monoisotopic (exact) mass is 444 g/mol. The van der Waals surface area contributed by atoms with E-state index >= 15 is 0 Å². The summed E-state index contributed by atoms with van der Waals surface area (Å²) in [6.07, 6.45) is 2.58. The Kier molecular flexibility index (Phi) is 7.00. The van der Waals surface area contributed by atoms with E-state index in [2.05, 4.69) is 34.6 Å². The smallest absolute Gasteiger partial charge is 0.251 e. The summed E-state index contributed by atoms with van der Waals surface area (Å²) in [5, 5.41) is 10.8. The van der Waals surface area contributed by atoms with Crippen LogP contribution in [0.15, 0.2) is 54.7 Å². The molecule has 0 fully saturated rings. The molecule has 2 N–H and O–H groups in total. The normalized spacial score (nSPS) is 11.0. The summed E-state index contributed by atoms with van der Waals surface area (Å²) in [7, 11) is 1.64. The second-order valence-electron chi connectivity index (χ2n) is 7.95. The third-order valence-corrected chi connectivity index (χ3v) is 5.54. The highest BCUT2D eigenvalue weighted by Crippen LogP contribution is 2.31. The molecule has 0 bridgehead atoms. The number of amides is 1. The summed E-state index contributed by atoms with van der Waals surface area (Å²) >= 11 is 0. The molecule has 2 aromatic heterocycles. The minimum atomic E-state index is -0.137. The van der Waals surface area contributed by atoms with E-state index in [4.69, 9.17) is 14.5 Å². The minimum absolute atomic E-state index is 0.137. The molecule has 4 aromatic rings. The first kappa shape index (κ1) is 22.5. The maximum absolute atomic E-state index is 12.8. The van der Waals surface area contributed by atoms with Gasteiger partial charge >= 0.3 is 0 Å². The van der Waals surface area contributed by atoms with Crippen molar-refractivity contribution in [2.45, 2.75) is 20.3 Å². The van der Waals surface area contributed by atoms with E-state index in [0.29, 0.717) is 30.8 Å². The predicted octanol–water partition coefficient (Wildman–Crippen LogP) is 4.24. The molecule has 0 spiro atoms. The molecule has 0 radical (unpaired) electrons. The van der Waals surface area contributed by atoms with Crippen LogP contribution in [-0.4, -0.2) is 48.0 Å². The Labute approximate surface area is 193 Å². The number of rotatable bonds is 9. The second-order valence-corrected chi connectivity index (χ2v) is 7.95. The zero-order chi connectivity index (χ0) is 23.2. The molecule has 170 valence electrons. The van der Waals surface area contributed by atoms with Gasteiger partial charge in [0.15, 0.2) is 0 Å². The number of H-pyrrole nitrogens is 1. The predicted molar refractivity (Wildman–Crippen MR) is 129 cm³/mol. The third kappa shape index (κ3) is 5.38. The summed E-state index contributed by atoms with van der Waals surface area (Å²) in [5.41, 5.74) is 6.27. The fourth-order valence-corrected chi connectivity index (χ4v) is 3.61. The molecule has 33 heavy (non-hydrogen) atoms. The Morgan fingerprint density at radius 1 is 1.06 bits per heavy atom. The maximum Gasteiger partial charge on any atom is 0.251 e. The number of aromatic nitrogens is 3. The lowest BCUT2D eigenvalue weighted by Gasteiger charge is -2.13. The number of benzene rings is 2. The molecule has 4 rings (SSSR count). The van der Waals surface area contributed by atoms with E-state index < -0.39 is 0 Å². The van der Waals surface area contributed by atoms with Crippen molar-refractivity contribution < 1.29 is 14.3 Å². The highest BCUT2D eigenvalue weighted by molar-refractivity contribution is 5.99. The van der Waals surface area contributed by atoms with E-state index in [9.17, 15) is 4.79 Å². The lowest BCUT2D eigenvalue weighted by atomic mass is 10.1. The number of carbonyl (C=O) groups is 1. The SMILES string of the molecule is COCCOc1cc(-c2ccc(C)cc2)nc2cc(C(=O)NCCc3c[nH]nc3C)ccc12. The number of hydrogen-bond acceptors (Lipinski definition) is 5. The Bertz CT molecular complexity index is 1250. The number of methoxy groups -OCH3 is 1. The molecular formula is C26H28N4O3. The lowest BCUT2D eigenvalue weighted by molar-refractivity contribution is 0.0954. The standard InChI is InChI=1S/C26H28N4O3/c1-17-4-6-19(7-5-17)23-15-25(33-13-12-32-3)22-9-8-20(14-24(22)29-23)26(31)27-11-10-21-16-28-30-18(21)2/h4-9,14-16H,10-13H2,1-3H3,(H,27,31)(H,28,30). The number of ether oxygens (including phenoxy) is 2. The number of nitrogens with one attached hydrogen (secondary N) is 2. The topological polar surface area (TPSA) is 89.1 Å². The average Bonchev–Trinajstić information content (AvgIpc) is 3.23. The molecule has 0 saturated carbocycles. The molecule has 2 aromatic carbocycles. The summed E-state index contributed by atoms with van der Waals surface area (Å²) in [5.74, 6) is 0.581. The van der Waals surface area contributed by atoms with Crippen molar-refractivity contribution >= 4 is 16.8 Å². The van der Waals surface area contributed by atoms with Crippen LogP contribution < -0.4 is 10.1 Å². The average molecular weight is 445 g/mol. The summed E-state index contributed by atoms with van der Waals surface area (Å²) < 4.78 is 11.1. The Hall–Kier alpha value is -3.71. The number of aryl methyl sites for hydroxylation is 2. The summed E-state index contributed by atoms with van der Waals surface area (Å²) in [4.78, 5) is 17.6.